The first-order chi connectivity index (χ1) is 13.7. The normalized spacial score (nSPS) is 11.0. The number of nitrogens with one attached hydrogen (secondary N) is 1. The van der Waals surface area contributed by atoms with Crippen LogP contribution in [0.15, 0.2) is 65.6 Å². The molecule has 0 aliphatic rings. The summed E-state index contributed by atoms with van der Waals surface area (Å²) in [4.78, 5) is 33.7. The lowest BCUT2D eigenvalue weighted by Crippen LogP contribution is -2.27. The number of hydrogen-bond acceptors (Lipinski definition) is 5. The number of aromatic nitrogens is 4. The number of benzene rings is 1. The lowest BCUT2D eigenvalue weighted by atomic mass is 10.1. The molecule has 1 amide bonds. The Morgan fingerprint density at radius 1 is 1.14 bits per heavy atom. The maximum Gasteiger partial charge on any atom is 0.262 e. The fourth-order valence-electron chi connectivity index (χ4n) is 3.02. The maximum atomic E-state index is 12.4. The van der Waals surface area contributed by atoms with E-state index in [0.29, 0.717) is 25.0 Å². The Morgan fingerprint density at radius 3 is 2.82 bits per heavy atom. The monoisotopic (exact) mass is 393 g/mol. The first-order valence-electron chi connectivity index (χ1n) is 8.92. The molecule has 0 fully saturated rings. The molecule has 0 aliphatic heterocycles. The molecule has 0 saturated carbocycles. The summed E-state index contributed by atoms with van der Waals surface area (Å²) in [6.07, 6.45) is 7.15. The van der Waals surface area contributed by atoms with Crippen molar-refractivity contribution in [2.45, 2.75) is 26.1 Å². The van der Waals surface area contributed by atoms with Gasteiger partial charge in [0, 0.05) is 38.4 Å². The van der Waals surface area contributed by atoms with Gasteiger partial charge in [-0.1, -0.05) is 24.3 Å². The average Bonchev–Trinajstić information content (AvgIpc) is 3.39. The molecule has 0 aliphatic carbocycles. The minimum atomic E-state index is -0.107. The van der Waals surface area contributed by atoms with Crippen LogP contribution in [0.4, 0.5) is 0 Å². The molecule has 142 valence electrons. The standard InChI is InChI=1S/C20H19N5O2S/c26-18(5-8-25-14-23-19-17(20(25)27)6-10-28-19)22-11-15-3-1-2-4-16(15)12-24-9-7-21-13-24/h1-4,6-7,9-10,13-14H,5,8,11-12H2,(H,22,26). The van der Waals surface area contributed by atoms with Crippen molar-refractivity contribution in [2.24, 2.45) is 0 Å². The van der Waals surface area contributed by atoms with Gasteiger partial charge in [0.1, 0.15) is 4.83 Å². The predicted octanol–water partition coefficient (Wildman–Crippen LogP) is 2.41. The molecule has 28 heavy (non-hydrogen) atoms. The SMILES string of the molecule is O=C(CCn1cnc2sccc2c1=O)NCc1ccccc1Cn1ccnc1. The minimum Gasteiger partial charge on any atom is -0.352 e. The first kappa shape index (κ1) is 18.1. The van der Waals surface area contributed by atoms with Crippen molar-refractivity contribution in [2.75, 3.05) is 0 Å². The van der Waals surface area contributed by atoms with Gasteiger partial charge in [0.05, 0.1) is 18.0 Å². The molecule has 4 rings (SSSR count). The summed E-state index contributed by atoms with van der Waals surface area (Å²) in [5.74, 6) is -0.102. The summed E-state index contributed by atoms with van der Waals surface area (Å²) >= 11 is 1.43. The van der Waals surface area contributed by atoms with E-state index < -0.39 is 0 Å². The van der Waals surface area contributed by atoms with Gasteiger partial charge in [0.25, 0.3) is 5.56 Å². The smallest absolute Gasteiger partial charge is 0.262 e. The molecule has 0 radical (unpaired) electrons. The van der Waals surface area contributed by atoms with Crippen LogP contribution >= 0.6 is 11.3 Å². The molecule has 0 atom stereocenters. The second kappa shape index (κ2) is 8.18. The molecular weight excluding hydrogens is 374 g/mol. The van der Waals surface area contributed by atoms with E-state index in [-0.39, 0.29) is 17.9 Å². The molecule has 3 aromatic heterocycles. The van der Waals surface area contributed by atoms with E-state index in [4.69, 9.17) is 0 Å². The summed E-state index contributed by atoms with van der Waals surface area (Å²) in [6.45, 7) is 1.45. The summed E-state index contributed by atoms with van der Waals surface area (Å²) in [7, 11) is 0. The number of thiophene rings is 1. The Balaban J connectivity index is 1.36. The molecule has 8 heteroatoms. The van der Waals surface area contributed by atoms with Crippen LogP contribution in [0.2, 0.25) is 0 Å². The number of amides is 1. The molecule has 0 bridgehead atoms. The van der Waals surface area contributed by atoms with Crippen molar-refractivity contribution in [3.05, 3.63) is 82.2 Å². The summed E-state index contributed by atoms with van der Waals surface area (Å²) < 4.78 is 3.47. The summed E-state index contributed by atoms with van der Waals surface area (Å²) in [5.41, 5.74) is 2.08. The molecule has 1 N–H and O–H groups in total. The van der Waals surface area contributed by atoms with Crippen molar-refractivity contribution in [3.8, 4) is 0 Å². The molecule has 0 spiro atoms. The largest absolute Gasteiger partial charge is 0.352 e. The average molecular weight is 393 g/mol. The van der Waals surface area contributed by atoms with E-state index in [9.17, 15) is 9.59 Å². The van der Waals surface area contributed by atoms with E-state index >= 15 is 0 Å². The predicted molar refractivity (Wildman–Crippen MR) is 108 cm³/mol. The number of nitrogens with zero attached hydrogens (tertiary/aromatic N) is 4. The molecule has 3 heterocycles. The van der Waals surface area contributed by atoms with E-state index in [2.05, 4.69) is 15.3 Å². The lowest BCUT2D eigenvalue weighted by molar-refractivity contribution is -0.121. The Kier molecular flexibility index (Phi) is 5.29. The van der Waals surface area contributed by atoms with Crippen molar-refractivity contribution >= 4 is 27.5 Å². The highest BCUT2D eigenvalue weighted by Gasteiger charge is 2.09. The van der Waals surface area contributed by atoms with Gasteiger partial charge < -0.3 is 9.88 Å². The van der Waals surface area contributed by atoms with E-state index in [1.54, 1.807) is 18.6 Å². The van der Waals surface area contributed by atoms with E-state index in [1.807, 2.05) is 40.4 Å². The maximum absolute atomic E-state index is 12.4. The third-order valence-electron chi connectivity index (χ3n) is 4.54. The van der Waals surface area contributed by atoms with Gasteiger partial charge in [-0.15, -0.1) is 11.3 Å². The van der Waals surface area contributed by atoms with Crippen molar-refractivity contribution in [3.63, 3.8) is 0 Å². The number of aryl methyl sites for hydroxylation is 1. The van der Waals surface area contributed by atoms with E-state index in [1.165, 1.54) is 22.2 Å². The fourth-order valence-corrected chi connectivity index (χ4v) is 3.74. The van der Waals surface area contributed by atoms with Gasteiger partial charge in [0.15, 0.2) is 0 Å². The number of imidazole rings is 1. The second-order valence-corrected chi connectivity index (χ2v) is 7.31. The number of hydrogen-bond donors (Lipinski definition) is 1. The van der Waals surface area contributed by atoms with Gasteiger partial charge in [0.2, 0.25) is 5.91 Å². The van der Waals surface area contributed by atoms with Gasteiger partial charge in [-0.05, 0) is 22.6 Å². The molecule has 4 aromatic rings. The molecule has 0 saturated heterocycles. The lowest BCUT2D eigenvalue weighted by Gasteiger charge is -2.11. The zero-order chi connectivity index (χ0) is 19.3. The molecular formula is C20H19N5O2S. The number of carbonyl (C=O) groups excluding carboxylic acids is 1. The number of fused-ring (bicyclic) bond motifs is 1. The van der Waals surface area contributed by atoms with Crippen LogP contribution < -0.4 is 10.9 Å². The summed E-state index contributed by atoms with van der Waals surface area (Å²) in [6, 6.07) is 9.76. The topological polar surface area (TPSA) is 81.8 Å². The number of rotatable bonds is 7. The minimum absolute atomic E-state index is 0.102. The van der Waals surface area contributed by atoms with Crippen molar-refractivity contribution in [1.29, 1.82) is 0 Å². The Morgan fingerprint density at radius 2 is 2.00 bits per heavy atom. The second-order valence-electron chi connectivity index (χ2n) is 6.41. The highest BCUT2D eigenvalue weighted by Crippen LogP contribution is 2.13. The number of carbonyl (C=O) groups is 1. The van der Waals surface area contributed by atoms with Gasteiger partial charge in [-0.25, -0.2) is 9.97 Å². The third-order valence-corrected chi connectivity index (χ3v) is 5.36. The van der Waals surface area contributed by atoms with Crippen molar-refractivity contribution < 1.29 is 4.79 Å². The Labute approximate surface area is 165 Å². The van der Waals surface area contributed by atoms with Crippen molar-refractivity contribution in [1.82, 2.24) is 24.4 Å². The first-order valence-corrected chi connectivity index (χ1v) is 9.80. The van der Waals surface area contributed by atoms with Crippen LogP contribution in [0, 0.1) is 0 Å². The van der Waals surface area contributed by atoms with Crippen LogP contribution in [0.3, 0.4) is 0 Å². The van der Waals surface area contributed by atoms with Crippen LogP contribution in [-0.4, -0.2) is 25.0 Å². The summed E-state index contributed by atoms with van der Waals surface area (Å²) in [5, 5.41) is 5.39. The zero-order valence-electron chi connectivity index (χ0n) is 15.1. The van der Waals surface area contributed by atoms with Gasteiger partial charge >= 0.3 is 0 Å². The van der Waals surface area contributed by atoms with Gasteiger partial charge in [-0.3, -0.25) is 14.2 Å². The van der Waals surface area contributed by atoms with Crippen LogP contribution in [0.5, 0.6) is 0 Å². The molecule has 7 nitrogen and oxygen atoms in total. The zero-order valence-corrected chi connectivity index (χ0v) is 15.9. The molecule has 0 unspecified atom stereocenters. The highest BCUT2D eigenvalue weighted by atomic mass is 32.1. The fraction of sp³-hybridized carbons (Fsp3) is 0.200. The van der Waals surface area contributed by atoms with E-state index in [0.717, 1.165) is 16.0 Å². The Hall–Kier alpha value is -3.26. The molecule has 1 aromatic carbocycles. The van der Waals surface area contributed by atoms with Crippen LogP contribution in [0.25, 0.3) is 10.2 Å². The van der Waals surface area contributed by atoms with Gasteiger partial charge in [-0.2, -0.15) is 0 Å². The van der Waals surface area contributed by atoms with Crippen LogP contribution in [0.1, 0.15) is 17.5 Å². The third kappa shape index (κ3) is 4.01. The van der Waals surface area contributed by atoms with Crippen LogP contribution in [-0.2, 0) is 24.4 Å². The Bertz CT molecular complexity index is 1150. The quantitative estimate of drug-likeness (QED) is 0.523. The highest BCUT2D eigenvalue weighted by molar-refractivity contribution is 7.16.